The summed E-state index contributed by atoms with van der Waals surface area (Å²) >= 11 is 0. The zero-order valence-electron chi connectivity index (χ0n) is 12.7. The average molecular weight is 333 g/mol. The summed E-state index contributed by atoms with van der Waals surface area (Å²) in [6, 6.07) is 0. The molecule has 0 saturated carbocycles. The Kier molecular flexibility index (Phi) is 10.8. The molecule has 7 nitrogen and oxygen atoms in total. The van der Waals surface area contributed by atoms with Crippen LogP contribution in [-0.2, 0) is 19.7 Å². The van der Waals surface area contributed by atoms with Gasteiger partial charge in [0.2, 0.25) is 4.75 Å². The molecule has 2 atom stereocenters. The molecule has 21 heavy (non-hydrogen) atoms. The number of aliphatic carboxylic acids is 2. The van der Waals surface area contributed by atoms with Crippen molar-refractivity contribution in [2.45, 2.75) is 57.1 Å². The number of carbonyl (C=O) groups is 2. The molecule has 0 aromatic rings. The van der Waals surface area contributed by atoms with Crippen molar-refractivity contribution in [3.8, 4) is 0 Å². The molecule has 119 valence electrons. The molecule has 9 heteroatoms. The van der Waals surface area contributed by atoms with Gasteiger partial charge in [-0.2, -0.15) is 8.42 Å². The summed E-state index contributed by atoms with van der Waals surface area (Å²) in [5.41, 5.74) is 0. The minimum Gasteiger partial charge on any atom is -0.481 e. The van der Waals surface area contributed by atoms with Crippen LogP contribution < -0.4 is 0 Å². The Balaban J connectivity index is 0. The molecule has 3 N–H and O–H groups in total. The second-order valence-corrected chi connectivity index (χ2v) is 6.70. The van der Waals surface area contributed by atoms with Crippen molar-refractivity contribution >= 4 is 51.6 Å². The first-order valence-electron chi connectivity index (χ1n) is 6.53. The van der Waals surface area contributed by atoms with Gasteiger partial charge in [-0.3, -0.25) is 14.1 Å². The fourth-order valence-corrected chi connectivity index (χ4v) is 3.17. The van der Waals surface area contributed by atoms with Crippen molar-refractivity contribution in [2.75, 3.05) is 0 Å². The zero-order valence-corrected chi connectivity index (χ0v) is 15.5. The Bertz CT molecular complexity index is 449. The van der Waals surface area contributed by atoms with Crippen molar-refractivity contribution in [1.29, 1.82) is 0 Å². The van der Waals surface area contributed by atoms with E-state index in [4.69, 9.17) is 5.11 Å². The molecule has 0 aliphatic heterocycles. The quantitative estimate of drug-likeness (QED) is 0.407. The summed E-state index contributed by atoms with van der Waals surface area (Å²) in [4.78, 5) is 22.1. The topological polar surface area (TPSA) is 129 Å². The van der Waals surface area contributed by atoms with Crippen LogP contribution in [0.15, 0.2) is 0 Å². The summed E-state index contributed by atoms with van der Waals surface area (Å²) < 4.78 is 29.5. The van der Waals surface area contributed by atoms with Crippen LogP contribution in [0.4, 0.5) is 0 Å². The van der Waals surface area contributed by atoms with E-state index in [1.165, 1.54) is 0 Å². The first-order chi connectivity index (χ1) is 9.10. The van der Waals surface area contributed by atoms with E-state index in [0.29, 0.717) is 12.8 Å². The van der Waals surface area contributed by atoms with E-state index >= 15 is 0 Å². The fraction of sp³-hybridized carbons (Fsp3) is 0.833. The normalized spacial score (nSPS) is 15.6. The van der Waals surface area contributed by atoms with E-state index in [2.05, 4.69) is 0 Å². The van der Waals surface area contributed by atoms with Crippen molar-refractivity contribution in [3.63, 3.8) is 0 Å². The maximum Gasteiger partial charge on any atom is 0.328 e. The first kappa shape index (κ1) is 23.1. The van der Waals surface area contributed by atoms with Gasteiger partial charge < -0.3 is 10.2 Å². The second-order valence-electron chi connectivity index (χ2n) is 4.97. The van der Waals surface area contributed by atoms with Gasteiger partial charge in [-0.15, -0.1) is 0 Å². The number of carboxylic acid groups (broad SMARTS) is 2. The third-order valence-corrected chi connectivity index (χ3v) is 4.96. The van der Waals surface area contributed by atoms with E-state index in [-0.39, 0.29) is 35.5 Å². The van der Waals surface area contributed by atoms with E-state index in [1.54, 1.807) is 6.92 Å². The van der Waals surface area contributed by atoms with Gasteiger partial charge >= 0.3 is 11.9 Å². The summed E-state index contributed by atoms with van der Waals surface area (Å²) in [6.45, 7) is 3.72. The van der Waals surface area contributed by atoms with Crippen molar-refractivity contribution in [2.24, 2.45) is 5.92 Å². The number of hydrogen-bond donors (Lipinski definition) is 3. The van der Waals surface area contributed by atoms with Gasteiger partial charge in [0.05, 0.1) is 6.42 Å². The number of rotatable bonds is 10. The molecule has 0 spiro atoms. The summed E-state index contributed by atoms with van der Waals surface area (Å²) in [7, 11) is -5.03. The summed E-state index contributed by atoms with van der Waals surface area (Å²) in [5, 5.41) is 18.0. The molecule has 2 unspecified atom stereocenters. The van der Waals surface area contributed by atoms with Crippen LogP contribution in [0.2, 0.25) is 0 Å². The smallest absolute Gasteiger partial charge is 0.328 e. The molecular weight excluding hydrogens is 311 g/mol. The number of unbranched alkanes of at least 4 members (excludes halogenated alkanes) is 1. The predicted molar refractivity (Wildman–Crippen MR) is 77.8 cm³/mol. The third-order valence-electron chi connectivity index (χ3n) is 3.48. The van der Waals surface area contributed by atoms with Crippen molar-refractivity contribution < 1.29 is 32.8 Å². The van der Waals surface area contributed by atoms with E-state index in [0.717, 1.165) is 12.8 Å². The molecule has 0 rings (SSSR count). The van der Waals surface area contributed by atoms with Crippen LogP contribution in [-0.4, -0.2) is 69.4 Å². The van der Waals surface area contributed by atoms with Crippen LogP contribution in [0, 0.1) is 5.92 Å². The number of carboxylic acids is 2. The molecule has 0 bridgehead atoms. The second kappa shape index (κ2) is 9.78. The molecule has 0 aliphatic carbocycles. The molecular formula is C12H22NaO7S. The van der Waals surface area contributed by atoms with E-state index < -0.39 is 39.6 Å². The largest absolute Gasteiger partial charge is 0.481 e. The maximum atomic E-state index is 11.5. The molecule has 0 saturated heterocycles. The number of hydrogen-bond acceptors (Lipinski definition) is 4. The van der Waals surface area contributed by atoms with Gasteiger partial charge in [0.1, 0.15) is 0 Å². The fourth-order valence-electron chi connectivity index (χ4n) is 2.20. The molecule has 1 radical (unpaired) electrons. The van der Waals surface area contributed by atoms with Crippen LogP contribution in [0.25, 0.3) is 0 Å². The molecule has 0 aromatic heterocycles. The molecule has 0 aliphatic rings. The molecule has 0 aromatic carbocycles. The van der Waals surface area contributed by atoms with Crippen LogP contribution in [0.1, 0.15) is 52.4 Å². The minimum absolute atomic E-state index is 0. The van der Waals surface area contributed by atoms with Gasteiger partial charge in [-0.1, -0.05) is 39.5 Å². The first-order valence-corrected chi connectivity index (χ1v) is 7.97. The third kappa shape index (κ3) is 6.65. The Morgan fingerprint density at radius 2 is 1.71 bits per heavy atom. The van der Waals surface area contributed by atoms with Gasteiger partial charge in [0.15, 0.2) is 0 Å². The van der Waals surface area contributed by atoms with Crippen LogP contribution in [0.5, 0.6) is 0 Å². The van der Waals surface area contributed by atoms with Gasteiger partial charge in [-0.05, 0) is 12.3 Å². The van der Waals surface area contributed by atoms with Crippen molar-refractivity contribution in [3.05, 3.63) is 0 Å². The monoisotopic (exact) mass is 333 g/mol. The Morgan fingerprint density at radius 3 is 2.00 bits per heavy atom. The Hall–Kier alpha value is -0.150. The summed E-state index contributed by atoms with van der Waals surface area (Å²) in [5.74, 6) is -3.67. The molecule has 0 heterocycles. The molecule has 0 fully saturated rings. The minimum atomic E-state index is -5.03. The van der Waals surface area contributed by atoms with E-state index in [1.807, 2.05) is 6.92 Å². The standard InChI is InChI=1S/C12H22O7S.Na/c1-3-5-6-9(4-2)7-12(11(15)16,8-10(13)14)20(17,18)19;/h9H,3-8H2,1-2H3,(H,13,14)(H,15,16)(H,17,18,19);. The van der Waals surface area contributed by atoms with Crippen LogP contribution in [0.3, 0.4) is 0 Å². The van der Waals surface area contributed by atoms with Gasteiger partial charge in [0, 0.05) is 29.6 Å². The Morgan fingerprint density at radius 1 is 1.19 bits per heavy atom. The van der Waals surface area contributed by atoms with Crippen LogP contribution >= 0.6 is 0 Å². The van der Waals surface area contributed by atoms with Gasteiger partial charge in [0.25, 0.3) is 10.1 Å². The summed E-state index contributed by atoms with van der Waals surface area (Å²) in [6.07, 6.45) is 1.21. The zero-order chi connectivity index (χ0) is 16.0. The molecule has 0 amide bonds. The SMILES string of the molecule is CCCCC(CC)CC(CC(=O)O)(C(=O)O)S(=O)(=O)O.[Na]. The van der Waals surface area contributed by atoms with E-state index in [9.17, 15) is 27.7 Å². The predicted octanol–water partition coefficient (Wildman–Crippen LogP) is 1.40. The van der Waals surface area contributed by atoms with Crippen molar-refractivity contribution in [1.82, 2.24) is 0 Å². The average Bonchev–Trinajstić information content (AvgIpc) is 2.30. The Labute approximate surface area is 147 Å². The maximum absolute atomic E-state index is 11.5. The van der Waals surface area contributed by atoms with Gasteiger partial charge in [-0.25, -0.2) is 0 Å².